The Morgan fingerprint density at radius 1 is 1.12 bits per heavy atom. The standard InChI is InChI=1S/C13H15NO2S/c15-13-11-8-4-5-9-12(11)17(16)14(13)10-6-2-1-3-7-10/h4-5,8-10H,1-3,6-7H2. The van der Waals surface area contributed by atoms with Crippen molar-refractivity contribution in [1.29, 1.82) is 0 Å². The van der Waals surface area contributed by atoms with E-state index in [1.165, 1.54) is 6.42 Å². The molecular weight excluding hydrogens is 234 g/mol. The molecule has 3 nitrogen and oxygen atoms in total. The van der Waals surface area contributed by atoms with E-state index in [1.807, 2.05) is 12.1 Å². The average Bonchev–Trinajstić information content (AvgIpc) is 2.64. The van der Waals surface area contributed by atoms with E-state index in [0.29, 0.717) is 10.5 Å². The third-order valence-electron chi connectivity index (χ3n) is 3.59. The smallest absolute Gasteiger partial charge is 0.267 e. The molecule has 3 rings (SSSR count). The molecule has 1 amide bonds. The molecule has 1 aliphatic heterocycles. The molecule has 4 heteroatoms. The molecule has 0 spiro atoms. The van der Waals surface area contributed by atoms with Gasteiger partial charge in [0.25, 0.3) is 5.91 Å². The van der Waals surface area contributed by atoms with Crippen LogP contribution < -0.4 is 0 Å². The second-order valence-corrected chi connectivity index (χ2v) is 6.00. The lowest BCUT2D eigenvalue weighted by atomic mass is 9.95. The Morgan fingerprint density at radius 2 is 1.82 bits per heavy atom. The minimum Gasteiger partial charge on any atom is -0.268 e. The number of fused-ring (bicyclic) bond motifs is 1. The lowest BCUT2D eigenvalue weighted by Crippen LogP contribution is -2.38. The fourth-order valence-electron chi connectivity index (χ4n) is 2.71. The fraction of sp³-hybridized carbons (Fsp3) is 0.462. The zero-order valence-corrected chi connectivity index (χ0v) is 10.4. The van der Waals surface area contributed by atoms with Crippen molar-refractivity contribution in [2.75, 3.05) is 0 Å². The van der Waals surface area contributed by atoms with E-state index < -0.39 is 11.0 Å². The highest BCUT2D eigenvalue weighted by Gasteiger charge is 2.39. The highest BCUT2D eigenvalue weighted by atomic mass is 32.2. The van der Waals surface area contributed by atoms with Crippen molar-refractivity contribution in [1.82, 2.24) is 4.31 Å². The number of carbonyl (C=O) groups excluding carboxylic acids is 1. The summed E-state index contributed by atoms with van der Waals surface area (Å²) in [7, 11) is -1.28. The van der Waals surface area contributed by atoms with Gasteiger partial charge in [0.2, 0.25) is 0 Å². The third kappa shape index (κ3) is 1.71. The molecule has 1 atom stereocenters. The van der Waals surface area contributed by atoms with Gasteiger partial charge < -0.3 is 0 Å². The largest absolute Gasteiger partial charge is 0.268 e. The molecule has 1 heterocycles. The van der Waals surface area contributed by atoms with Crippen LogP contribution in [0.25, 0.3) is 0 Å². The van der Waals surface area contributed by atoms with Gasteiger partial charge in [-0.25, -0.2) is 4.21 Å². The lowest BCUT2D eigenvalue weighted by Gasteiger charge is -2.29. The van der Waals surface area contributed by atoms with E-state index in [-0.39, 0.29) is 11.9 Å². The van der Waals surface area contributed by atoms with Crippen molar-refractivity contribution in [3.8, 4) is 0 Å². The van der Waals surface area contributed by atoms with Gasteiger partial charge in [0.05, 0.1) is 10.5 Å². The second kappa shape index (κ2) is 4.26. The van der Waals surface area contributed by atoms with Crippen molar-refractivity contribution >= 4 is 16.9 Å². The lowest BCUT2D eigenvalue weighted by molar-refractivity contribution is 0.0816. The first-order valence-electron chi connectivity index (χ1n) is 6.13. The van der Waals surface area contributed by atoms with Crippen molar-refractivity contribution in [2.45, 2.75) is 43.0 Å². The van der Waals surface area contributed by atoms with Gasteiger partial charge in [0, 0.05) is 6.04 Å². The predicted octanol–water partition coefficient (Wildman–Crippen LogP) is 2.50. The Kier molecular flexibility index (Phi) is 2.74. The quantitative estimate of drug-likeness (QED) is 0.767. The Balaban J connectivity index is 1.94. The molecule has 0 saturated heterocycles. The van der Waals surface area contributed by atoms with Gasteiger partial charge in [-0.15, -0.1) is 0 Å². The summed E-state index contributed by atoms with van der Waals surface area (Å²) in [6.45, 7) is 0. The SMILES string of the molecule is O=C1c2ccccc2S(=O)N1C1CCCCC1. The van der Waals surface area contributed by atoms with Crippen LogP contribution in [-0.2, 0) is 11.0 Å². The minimum atomic E-state index is -1.28. The number of hydrogen-bond acceptors (Lipinski definition) is 2. The van der Waals surface area contributed by atoms with Crippen LogP contribution in [0.3, 0.4) is 0 Å². The van der Waals surface area contributed by atoms with Crippen LogP contribution >= 0.6 is 0 Å². The van der Waals surface area contributed by atoms with Gasteiger partial charge in [-0.1, -0.05) is 31.4 Å². The molecule has 0 bridgehead atoms. The van der Waals surface area contributed by atoms with Crippen LogP contribution in [0.15, 0.2) is 29.2 Å². The molecule has 0 N–H and O–H groups in total. The maximum atomic E-state index is 12.3. The monoisotopic (exact) mass is 249 g/mol. The first kappa shape index (κ1) is 11.0. The zero-order chi connectivity index (χ0) is 11.8. The Labute approximate surface area is 103 Å². The van der Waals surface area contributed by atoms with Gasteiger partial charge in [-0.05, 0) is 25.0 Å². The summed E-state index contributed by atoms with van der Waals surface area (Å²) >= 11 is 0. The maximum Gasteiger partial charge on any atom is 0.267 e. The molecule has 1 saturated carbocycles. The molecule has 1 aliphatic carbocycles. The topological polar surface area (TPSA) is 37.4 Å². The molecule has 1 unspecified atom stereocenters. The Morgan fingerprint density at radius 3 is 2.53 bits per heavy atom. The molecule has 1 aromatic carbocycles. The molecule has 1 fully saturated rings. The van der Waals surface area contributed by atoms with Gasteiger partial charge in [-0.3, -0.25) is 9.10 Å². The van der Waals surface area contributed by atoms with E-state index in [9.17, 15) is 9.00 Å². The highest BCUT2D eigenvalue weighted by molar-refractivity contribution is 7.84. The van der Waals surface area contributed by atoms with Gasteiger partial charge in [0.1, 0.15) is 0 Å². The average molecular weight is 249 g/mol. The first-order valence-corrected chi connectivity index (χ1v) is 7.24. The number of hydrogen-bond donors (Lipinski definition) is 0. The van der Waals surface area contributed by atoms with Crippen molar-refractivity contribution < 1.29 is 9.00 Å². The molecular formula is C13H15NO2S. The van der Waals surface area contributed by atoms with E-state index in [1.54, 1.807) is 16.4 Å². The molecule has 2 aliphatic rings. The van der Waals surface area contributed by atoms with Gasteiger partial charge in [0.15, 0.2) is 11.0 Å². The second-order valence-electron chi connectivity index (χ2n) is 4.67. The van der Waals surface area contributed by atoms with Crippen molar-refractivity contribution in [3.63, 3.8) is 0 Å². The summed E-state index contributed by atoms with van der Waals surface area (Å²) in [5, 5.41) is 0. The van der Waals surface area contributed by atoms with Crippen LogP contribution in [0.5, 0.6) is 0 Å². The third-order valence-corrected chi connectivity index (χ3v) is 5.14. The van der Waals surface area contributed by atoms with Gasteiger partial charge >= 0.3 is 0 Å². The summed E-state index contributed by atoms with van der Waals surface area (Å²) in [4.78, 5) is 12.9. The number of benzene rings is 1. The van der Waals surface area contributed by atoms with Crippen LogP contribution in [0, 0.1) is 0 Å². The van der Waals surface area contributed by atoms with E-state index in [2.05, 4.69) is 0 Å². The summed E-state index contributed by atoms with van der Waals surface area (Å²) in [6, 6.07) is 7.42. The van der Waals surface area contributed by atoms with Gasteiger partial charge in [-0.2, -0.15) is 0 Å². The summed E-state index contributed by atoms with van der Waals surface area (Å²) in [6.07, 6.45) is 5.50. The number of carbonyl (C=O) groups is 1. The summed E-state index contributed by atoms with van der Waals surface area (Å²) in [5.74, 6) is -0.0502. The Bertz CT molecular complexity index is 445. The van der Waals surface area contributed by atoms with Crippen LogP contribution in [-0.4, -0.2) is 20.5 Å². The molecule has 0 radical (unpaired) electrons. The van der Waals surface area contributed by atoms with Crippen molar-refractivity contribution in [3.05, 3.63) is 29.8 Å². The molecule has 0 aromatic heterocycles. The fourth-order valence-corrected chi connectivity index (χ4v) is 4.19. The normalized spacial score (nSPS) is 25.1. The number of amides is 1. The van der Waals surface area contributed by atoms with Crippen LogP contribution in [0.4, 0.5) is 0 Å². The molecule has 90 valence electrons. The maximum absolute atomic E-state index is 12.3. The van der Waals surface area contributed by atoms with E-state index in [4.69, 9.17) is 0 Å². The summed E-state index contributed by atoms with van der Waals surface area (Å²) in [5.41, 5.74) is 0.622. The predicted molar refractivity (Wildman–Crippen MR) is 65.9 cm³/mol. The number of nitrogens with zero attached hydrogens (tertiary/aromatic N) is 1. The number of rotatable bonds is 1. The van der Waals surface area contributed by atoms with Crippen LogP contribution in [0.1, 0.15) is 42.5 Å². The zero-order valence-electron chi connectivity index (χ0n) is 9.59. The highest BCUT2D eigenvalue weighted by Crippen LogP contribution is 2.33. The van der Waals surface area contributed by atoms with Crippen LogP contribution in [0.2, 0.25) is 0 Å². The van der Waals surface area contributed by atoms with E-state index >= 15 is 0 Å². The Hall–Kier alpha value is -1.16. The molecule has 1 aromatic rings. The first-order chi connectivity index (χ1) is 8.29. The molecule has 17 heavy (non-hydrogen) atoms. The van der Waals surface area contributed by atoms with Crippen molar-refractivity contribution in [2.24, 2.45) is 0 Å². The summed E-state index contributed by atoms with van der Waals surface area (Å²) < 4.78 is 13.9. The van der Waals surface area contributed by atoms with E-state index in [0.717, 1.165) is 25.7 Å². The minimum absolute atomic E-state index is 0.0502.